The van der Waals surface area contributed by atoms with Gasteiger partial charge in [0.05, 0.1) is 18.1 Å². The fraction of sp³-hybridized carbons (Fsp3) is 0.462. The number of esters is 1. The smallest absolute Gasteiger partial charge is 0.314 e. The van der Waals surface area contributed by atoms with Crippen LogP contribution in [0.2, 0.25) is 0 Å². The van der Waals surface area contributed by atoms with Gasteiger partial charge in [-0.3, -0.25) is 4.79 Å². The van der Waals surface area contributed by atoms with Crippen molar-refractivity contribution in [3.8, 4) is 0 Å². The van der Waals surface area contributed by atoms with Crippen molar-refractivity contribution in [3.63, 3.8) is 0 Å². The summed E-state index contributed by atoms with van der Waals surface area (Å²) in [7, 11) is 0. The second kappa shape index (κ2) is 5.44. The van der Waals surface area contributed by atoms with E-state index >= 15 is 0 Å². The molecule has 0 bridgehead atoms. The first-order valence-corrected chi connectivity index (χ1v) is 5.61. The molecule has 0 saturated heterocycles. The Kier molecular flexibility index (Phi) is 4.40. The molecule has 1 aromatic carbocycles. The number of benzene rings is 1. The van der Waals surface area contributed by atoms with Crippen LogP contribution in [0, 0.1) is 17.0 Å². The van der Waals surface area contributed by atoms with Crippen molar-refractivity contribution >= 4 is 5.97 Å². The quantitative estimate of drug-likeness (QED) is 0.844. The highest BCUT2D eigenvalue weighted by molar-refractivity contribution is 5.77. The monoisotopic (exact) mass is 258 g/mol. The summed E-state index contributed by atoms with van der Waals surface area (Å²) < 4.78 is 31.4. The number of aliphatic hydroxyl groups is 1. The third-order valence-corrected chi connectivity index (χ3v) is 2.76. The molecule has 0 aromatic heterocycles. The Hall–Kier alpha value is -1.49. The van der Waals surface area contributed by atoms with Gasteiger partial charge in [-0.05, 0) is 26.8 Å². The fourth-order valence-corrected chi connectivity index (χ4v) is 1.55. The number of ether oxygens (including phenoxy) is 1. The van der Waals surface area contributed by atoms with Gasteiger partial charge in [0.1, 0.15) is 0 Å². The molecule has 1 unspecified atom stereocenters. The fourth-order valence-electron chi connectivity index (χ4n) is 1.55. The number of carbonyl (C=O) groups excluding carboxylic acids is 1. The first kappa shape index (κ1) is 14.6. The van der Waals surface area contributed by atoms with Crippen LogP contribution in [0.5, 0.6) is 0 Å². The third-order valence-electron chi connectivity index (χ3n) is 2.76. The van der Waals surface area contributed by atoms with Crippen LogP contribution in [0.1, 0.15) is 32.4 Å². The minimum absolute atomic E-state index is 0.153. The minimum Gasteiger partial charge on any atom is -0.465 e. The van der Waals surface area contributed by atoms with E-state index in [9.17, 15) is 18.7 Å². The second-order valence-electron chi connectivity index (χ2n) is 4.49. The van der Waals surface area contributed by atoms with E-state index in [0.717, 1.165) is 6.07 Å². The summed E-state index contributed by atoms with van der Waals surface area (Å²) in [6.07, 6.45) is -1.48. The van der Waals surface area contributed by atoms with E-state index < -0.39 is 29.1 Å². The number of aliphatic hydroxyl groups excluding tert-OH is 1. The Morgan fingerprint density at radius 1 is 1.44 bits per heavy atom. The van der Waals surface area contributed by atoms with Crippen LogP contribution in [0.15, 0.2) is 18.2 Å². The number of rotatable bonds is 4. The molecule has 1 N–H and O–H groups in total. The zero-order valence-corrected chi connectivity index (χ0v) is 10.5. The topological polar surface area (TPSA) is 46.5 Å². The normalized spacial score (nSPS) is 13.2. The summed E-state index contributed by atoms with van der Waals surface area (Å²) in [5, 5.41) is 10.0. The predicted molar refractivity (Wildman–Crippen MR) is 61.7 cm³/mol. The average Bonchev–Trinajstić information content (AvgIpc) is 2.32. The molecular weight excluding hydrogens is 242 g/mol. The predicted octanol–water partition coefficient (Wildman–Crippen LogP) is 2.59. The molecule has 0 aliphatic heterocycles. The van der Waals surface area contributed by atoms with Crippen LogP contribution in [0.3, 0.4) is 0 Å². The Morgan fingerprint density at radius 2 is 2.06 bits per heavy atom. The summed E-state index contributed by atoms with van der Waals surface area (Å²) in [5.74, 6) is -2.88. The van der Waals surface area contributed by atoms with Gasteiger partial charge in [0.15, 0.2) is 11.6 Å². The maximum atomic E-state index is 13.5. The Morgan fingerprint density at radius 3 is 2.61 bits per heavy atom. The van der Waals surface area contributed by atoms with Gasteiger partial charge in [-0.2, -0.15) is 0 Å². The van der Waals surface area contributed by atoms with Gasteiger partial charge in [-0.25, -0.2) is 8.78 Å². The molecule has 1 atom stereocenters. The number of hydrogen-bond donors (Lipinski definition) is 1. The van der Waals surface area contributed by atoms with Crippen molar-refractivity contribution in [1.29, 1.82) is 0 Å². The Balaban J connectivity index is 3.09. The molecule has 100 valence electrons. The first-order chi connectivity index (χ1) is 8.32. The minimum atomic E-state index is -1.48. The van der Waals surface area contributed by atoms with Crippen LogP contribution in [0.4, 0.5) is 8.78 Å². The summed E-state index contributed by atoms with van der Waals surface area (Å²) in [4.78, 5) is 11.7. The van der Waals surface area contributed by atoms with Gasteiger partial charge < -0.3 is 9.84 Å². The second-order valence-corrected chi connectivity index (χ2v) is 4.49. The first-order valence-electron chi connectivity index (χ1n) is 5.61. The molecular formula is C13H16F2O3. The van der Waals surface area contributed by atoms with Gasteiger partial charge in [0.2, 0.25) is 0 Å². The van der Waals surface area contributed by atoms with E-state index in [0.29, 0.717) is 0 Å². The van der Waals surface area contributed by atoms with Crippen molar-refractivity contribution < 1.29 is 23.4 Å². The van der Waals surface area contributed by atoms with Crippen molar-refractivity contribution in [2.24, 2.45) is 5.41 Å². The third kappa shape index (κ3) is 2.67. The molecule has 0 amide bonds. The summed E-state index contributed by atoms with van der Waals surface area (Å²) >= 11 is 0. The number of hydrogen-bond acceptors (Lipinski definition) is 3. The van der Waals surface area contributed by atoms with Crippen molar-refractivity contribution in [2.75, 3.05) is 6.61 Å². The standard InChI is InChI=1S/C13H16F2O3/c1-4-18-12(17)13(2,3)11(16)8-6-5-7-9(14)10(8)15/h5-7,11,16H,4H2,1-3H3. The van der Waals surface area contributed by atoms with Crippen LogP contribution >= 0.6 is 0 Å². The van der Waals surface area contributed by atoms with Gasteiger partial charge in [-0.1, -0.05) is 12.1 Å². The molecule has 0 aliphatic carbocycles. The molecule has 0 spiro atoms. The average molecular weight is 258 g/mol. The highest BCUT2D eigenvalue weighted by atomic mass is 19.2. The van der Waals surface area contributed by atoms with E-state index in [-0.39, 0.29) is 12.2 Å². The Labute approximate surface area is 104 Å². The molecule has 18 heavy (non-hydrogen) atoms. The van der Waals surface area contributed by atoms with E-state index in [4.69, 9.17) is 4.74 Å². The Bertz CT molecular complexity index is 444. The molecule has 0 aliphatic rings. The lowest BCUT2D eigenvalue weighted by molar-refractivity contribution is -0.160. The van der Waals surface area contributed by atoms with Crippen LogP contribution in [-0.2, 0) is 9.53 Å². The lowest BCUT2D eigenvalue weighted by atomic mass is 9.82. The highest BCUT2D eigenvalue weighted by Gasteiger charge is 2.39. The summed E-state index contributed by atoms with van der Waals surface area (Å²) in [6, 6.07) is 3.46. The molecule has 0 radical (unpaired) electrons. The van der Waals surface area contributed by atoms with Gasteiger partial charge in [-0.15, -0.1) is 0 Å². The summed E-state index contributed by atoms with van der Waals surface area (Å²) in [6.45, 7) is 4.61. The summed E-state index contributed by atoms with van der Waals surface area (Å²) in [5.41, 5.74) is -1.61. The zero-order chi connectivity index (χ0) is 13.9. The van der Waals surface area contributed by atoms with E-state index in [2.05, 4.69) is 0 Å². The van der Waals surface area contributed by atoms with E-state index in [1.807, 2.05) is 0 Å². The highest BCUT2D eigenvalue weighted by Crippen LogP contribution is 2.36. The molecule has 3 nitrogen and oxygen atoms in total. The van der Waals surface area contributed by atoms with Crippen LogP contribution in [-0.4, -0.2) is 17.7 Å². The number of halogens is 2. The van der Waals surface area contributed by atoms with Crippen molar-refractivity contribution in [1.82, 2.24) is 0 Å². The maximum Gasteiger partial charge on any atom is 0.314 e. The van der Waals surface area contributed by atoms with Crippen molar-refractivity contribution in [3.05, 3.63) is 35.4 Å². The largest absolute Gasteiger partial charge is 0.465 e. The van der Waals surface area contributed by atoms with Gasteiger partial charge in [0, 0.05) is 5.56 Å². The van der Waals surface area contributed by atoms with Gasteiger partial charge in [0.25, 0.3) is 0 Å². The molecule has 0 saturated carbocycles. The van der Waals surface area contributed by atoms with E-state index in [1.165, 1.54) is 26.0 Å². The van der Waals surface area contributed by atoms with Crippen molar-refractivity contribution in [2.45, 2.75) is 26.9 Å². The molecule has 5 heteroatoms. The molecule has 0 fully saturated rings. The zero-order valence-electron chi connectivity index (χ0n) is 10.5. The lowest BCUT2D eigenvalue weighted by Gasteiger charge is -2.28. The SMILES string of the molecule is CCOC(=O)C(C)(C)C(O)c1cccc(F)c1F. The van der Waals surface area contributed by atoms with E-state index in [1.54, 1.807) is 6.92 Å². The lowest BCUT2D eigenvalue weighted by Crippen LogP contribution is -2.33. The maximum absolute atomic E-state index is 13.5. The number of carbonyl (C=O) groups is 1. The molecule has 1 rings (SSSR count). The van der Waals surface area contributed by atoms with Gasteiger partial charge >= 0.3 is 5.97 Å². The molecule has 0 heterocycles. The molecule has 1 aromatic rings. The van der Waals surface area contributed by atoms with Crippen LogP contribution < -0.4 is 0 Å². The van der Waals surface area contributed by atoms with Crippen LogP contribution in [0.25, 0.3) is 0 Å².